The molecule has 2 aliphatic rings. The number of rotatable bonds is 24. The number of phenolic OH excluding ortho intramolecular Hbond substituents is 1. The van der Waals surface area contributed by atoms with Gasteiger partial charge in [-0.25, -0.2) is 0 Å². The number of aromatic hydroxyl groups is 1. The number of nitrogens with two attached hydrogens (primary N) is 3. The molecule has 0 spiro atoms. The number of aromatic amines is 1. The smallest absolute Gasteiger partial charge is 0.306 e. The van der Waals surface area contributed by atoms with E-state index in [2.05, 4.69) is 63.1 Å². The maximum Gasteiger partial charge on any atom is 0.306 e. The summed E-state index contributed by atoms with van der Waals surface area (Å²) in [5.41, 5.74) is 18.2. The quantitative estimate of drug-likeness (QED) is 0.0226. The first kappa shape index (κ1) is 85.7. The van der Waals surface area contributed by atoms with Gasteiger partial charge in [0.1, 0.15) is 66.2 Å². The molecule has 5 rings (SSSR count). The minimum Gasteiger partial charge on any atom is -0.508 e. The molecule has 2 fully saturated rings. The molecule has 2 aromatic carbocycles. The highest BCUT2D eigenvalue weighted by atomic mass is 16.5. The Balaban J connectivity index is 1.56. The predicted molar refractivity (Wildman–Crippen MR) is 384 cm³/mol. The first-order chi connectivity index (χ1) is 50.3. The SMILES string of the molecule is CCCCC[C@@H]1CC(=O)N[C@@H](C(C)C)C(=O)N[C@H](CCC(=O)O)C(=O)N[C@@H](CCCN=C(N)N)C(=O)NCC(=O)N2CCC[C@H]2C(=O)N[C@@H](CC(C)C)C(=O)N[C@H](CCC(N)=O)C(=O)N[C@@H](CCC(=O)O)C(=O)N[C@H](Cc2ccc(O)cc2)C(=O)N[C@H](Cc2c[nH]c3ccccc23)C(=O)NCCCC(=O)O1. The monoisotopic (exact) mass is 1480 g/mol. The molecule has 582 valence electrons. The topological polar surface area (TPSA) is 556 Å². The third-order valence-electron chi connectivity index (χ3n) is 17.8. The zero-order valence-corrected chi connectivity index (χ0v) is 60.6. The van der Waals surface area contributed by atoms with E-state index < -0.39 is 207 Å². The van der Waals surface area contributed by atoms with Gasteiger partial charge in [-0.2, -0.15) is 0 Å². The fourth-order valence-corrected chi connectivity index (χ4v) is 12.1. The van der Waals surface area contributed by atoms with Gasteiger partial charge in [-0.1, -0.05) is 77.8 Å². The van der Waals surface area contributed by atoms with Crippen LogP contribution in [0.4, 0.5) is 0 Å². The van der Waals surface area contributed by atoms with Crippen molar-refractivity contribution in [2.45, 2.75) is 224 Å². The summed E-state index contributed by atoms with van der Waals surface area (Å²) in [6.07, 6.45) is -1.70. The van der Waals surface area contributed by atoms with E-state index in [9.17, 15) is 87.2 Å². The molecule has 0 aliphatic carbocycles. The van der Waals surface area contributed by atoms with E-state index in [1.165, 1.54) is 24.3 Å². The number of nitrogens with zero attached hydrogens (tertiary/aromatic N) is 2. The van der Waals surface area contributed by atoms with Crippen LogP contribution in [0.2, 0.25) is 0 Å². The van der Waals surface area contributed by atoms with Crippen molar-refractivity contribution >= 4 is 106 Å². The van der Waals surface area contributed by atoms with Gasteiger partial charge in [0.25, 0.3) is 0 Å². The predicted octanol–water partition coefficient (Wildman–Crippen LogP) is -0.813. The van der Waals surface area contributed by atoms with E-state index in [1.807, 2.05) is 6.92 Å². The summed E-state index contributed by atoms with van der Waals surface area (Å²) in [6.45, 7) is 7.63. The van der Waals surface area contributed by atoms with Crippen molar-refractivity contribution in [3.05, 3.63) is 65.9 Å². The number of amides is 12. The van der Waals surface area contributed by atoms with E-state index in [4.69, 9.17) is 21.9 Å². The lowest BCUT2D eigenvalue weighted by atomic mass is 10.0. The second-order valence-corrected chi connectivity index (χ2v) is 27.3. The number of benzene rings is 2. The van der Waals surface area contributed by atoms with Crippen LogP contribution < -0.4 is 70.4 Å². The number of esters is 1. The Bertz CT molecular complexity index is 3600. The molecule has 0 bridgehead atoms. The van der Waals surface area contributed by atoms with E-state index in [0.717, 1.165) is 11.3 Å². The molecule has 35 nitrogen and oxygen atoms in total. The molecule has 0 radical (unpaired) electrons. The Labute approximate surface area is 613 Å². The molecular formula is C71H104N16O19. The number of carboxylic acids is 2. The van der Waals surface area contributed by atoms with Gasteiger partial charge in [-0.05, 0) is 112 Å². The van der Waals surface area contributed by atoms with E-state index in [-0.39, 0.29) is 101 Å². The fraction of sp³-hybridized carbons (Fsp3) is 0.577. The lowest BCUT2D eigenvalue weighted by Crippen LogP contribution is -2.60. The van der Waals surface area contributed by atoms with Crippen LogP contribution >= 0.6 is 0 Å². The Morgan fingerprint density at radius 1 is 0.594 bits per heavy atom. The van der Waals surface area contributed by atoms with Crippen LogP contribution in [0.25, 0.3) is 10.9 Å². The number of aliphatic imine (C=N–C) groups is 1. The molecule has 10 atom stereocenters. The number of unbranched alkanes of at least 4 members (excludes halogenated alkanes) is 2. The second-order valence-electron chi connectivity index (χ2n) is 27.3. The maximum absolute atomic E-state index is 14.9. The molecule has 1 aromatic heterocycles. The minimum absolute atomic E-state index is 0.0000215. The number of hydrogen-bond acceptors (Lipinski definition) is 18. The number of nitrogens with one attached hydrogen (secondary N) is 11. The molecule has 0 saturated carbocycles. The number of ether oxygens (including phenoxy) is 1. The zero-order valence-electron chi connectivity index (χ0n) is 60.6. The number of guanidine groups is 1. The van der Waals surface area contributed by atoms with Gasteiger partial charge < -0.3 is 100 Å². The summed E-state index contributed by atoms with van der Waals surface area (Å²) >= 11 is 0. The summed E-state index contributed by atoms with van der Waals surface area (Å²) in [5.74, 6) is -15.9. The van der Waals surface area contributed by atoms with Crippen molar-refractivity contribution in [2.24, 2.45) is 34.0 Å². The van der Waals surface area contributed by atoms with Crippen molar-refractivity contribution in [2.75, 3.05) is 26.2 Å². The third-order valence-corrected chi connectivity index (χ3v) is 17.8. The summed E-state index contributed by atoms with van der Waals surface area (Å²) in [6, 6.07) is -0.978. The Morgan fingerprint density at radius 3 is 1.73 bits per heavy atom. The maximum atomic E-state index is 14.9. The Morgan fingerprint density at radius 2 is 1.14 bits per heavy atom. The van der Waals surface area contributed by atoms with Crippen LogP contribution in [0.3, 0.4) is 0 Å². The molecule has 2 saturated heterocycles. The summed E-state index contributed by atoms with van der Waals surface area (Å²) in [4.78, 5) is 216. The normalized spacial score (nSPS) is 23.3. The highest BCUT2D eigenvalue weighted by Gasteiger charge is 2.39. The van der Waals surface area contributed by atoms with Crippen LogP contribution in [0, 0.1) is 11.8 Å². The third kappa shape index (κ3) is 29.3. The van der Waals surface area contributed by atoms with Crippen LogP contribution in [-0.4, -0.2) is 207 Å². The highest BCUT2D eigenvalue weighted by molar-refractivity contribution is 5.99. The number of H-pyrrole nitrogens is 1. The lowest BCUT2D eigenvalue weighted by Gasteiger charge is -2.29. The highest BCUT2D eigenvalue weighted by Crippen LogP contribution is 2.23. The Kier molecular flexibility index (Phi) is 35.1. The van der Waals surface area contributed by atoms with E-state index in [0.29, 0.717) is 34.9 Å². The first-order valence-corrected chi connectivity index (χ1v) is 35.9. The van der Waals surface area contributed by atoms with Crippen molar-refractivity contribution in [3.63, 3.8) is 0 Å². The van der Waals surface area contributed by atoms with E-state index in [1.54, 1.807) is 58.2 Å². The average molecular weight is 1490 g/mol. The molecule has 35 heteroatoms. The van der Waals surface area contributed by atoms with Crippen LogP contribution in [0.15, 0.2) is 59.7 Å². The lowest BCUT2D eigenvalue weighted by molar-refractivity contribution is -0.151. The van der Waals surface area contributed by atoms with Crippen LogP contribution in [0.1, 0.15) is 161 Å². The second kappa shape index (κ2) is 43.4. The van der Waals surface area contributed by atoms with Gasteiger partial charge in [0.2, 0.25) is 70.9 Å². The molecule has 3 aromatic rings. The largest absolute Gasteiger partial charge is 0.508 e. The van der Waals surface area contributed by atoms with Crippen LogP contribution in [0.5, 0.6) is 5.75 Å². The number of carbonyl (C=O) groups is 15. The number of fused-ring (bicyclic) bond motifs is 2. The van der Waals surface area contributed by atoms with Crippen LogP contribution in [-0.2, 0) is 89.5 Å². The van der Waals surface area contributed by atoms with E-state index >= 15 is 0 Å². The van der Waals surface area contributed by atoms with Gasteiger partial charge in [-0.3, -0.25) is 76.9 Å². The number of aromatic nitrogens is 1. The molecular weight excluding hydrogens is 1380 g/mol. The molecule has 106 heavy (non-hydrogen) atoms. The summed E-state index contributed by atoms with van der Waals surface area (Å²) in [5, 5.41) is 56.4. The molecule has 12 amide bonds. The summed E-state index contributed by atoms with van der Waals surface area (Å²) < 4.78 is 5.85. The number of cyclic esters (lactones) is 1. The number of primary amides is 1. The zero-order chi connectivity index (χ0) is 78.2. The number of carbonyl (C=O) groups excluding carboxylic acids is 13. The van der Waals surface area contributed by atoms with Gasteiger partial charge in [0, 0.05) is 75.3 Å². The van der Waals surface area contributed by atoms with Gasteiger partial charge in [-0.15, -0.1) is 0 Å². The molecule has 2 aliphatic heterocycles. The fourth-order valence-electron chi connectivity index (χ4n) is 12.1. The van der Waals surface area contributed by atoms with Crippen molar-refractivity contribution < 1.29 is 92.0 Å². The van der Waals surface area contributed by atoms with Crippen molar-refractivity contribution in [3.8, 4) is 5.75 Å². The molecule has 3 heterocycles. The number of carboxylic acid groups (broad SMARTS) is 2. The Hall–Kier alpha value is -10.9. The molecule has 0 unspecified atom stereocenters. The van der Waals surface area contributed by atoms with Gasteiger partial charge in [0.15, 0.2) is 5.96 Å². The minimum atomic E-state index is -1.78. The number of phenols is 1. The average Bonchev–Trinajstić information content (AvgIpc) is 1.65. The molecule has 20 N–H and O–H groups in total. The number of para-hydroxylation sites is 1. The number of hydrogen-bond donors (Lipinski definition) is 17. The van der Waals surface area contributed by atoms with Gasteiger partial charge in [0.05, 0.1) is 13.0 Å². The summed E-state index contributed by atoms with van der Waals surface area (Å²) in [7, 11) is 0. The standard InChI is InChI=1S/C71H104N16O19/c1-6-7-8-14-44-36-56(90)86-61(40(4)5)70(105)82-50(26-29-59(94)95)65(100)79-47(17-11-31-76-71(73)74)62(97)78-38-57(91)87-32-13-18-54(87)69(104)85-51(33-39(2)3)67(102)81-48(24-27-55(72)89)64(99)80-49(25-28-58(92)93)66(101)83-52(34-41-20-22-43(88)23-21-41)68(103)84-53(63(98)75-30-12-19-60(96)106-44)35-42-37-77-46-16-10-9-15-45(42)46/h9-10,15-16,20-23,37,39-40,44,47-54,61,77,88H,6-8,11-14,17-19,24-36,38H2,1-5H3,(H2,72,89)(H,75,98)(H,78,97)(H,79,100)(H,80,99)(H,81,102)(H,82,105)(H,83,101)(H,84,103)(H,85,104)(H,86,90)(H,92,93)(H,94,95)(H4,73,74,76)/t44-,47+,48-,49+,50-,51+,52-,53-,54+,61+/m1/s1. The van der Waals surface area contributed by atoms with Crippen molar-refractivity contribution in [1.29, 1.82) is 0 Å². The van der Waals surface area contributed by atoms with Crippen molar-refractivity contribution in [1.82, 2.24) is 63.1 Å². The first-order valence-electron chi connectivity index (χ1n) is 35.9. The number of aliphatic carboxylic acids is 2. The van der Waals surface area contributed by atoms with Gasteiger partial charge >= 0.3 is 17.9 Å².